The van der Waals surface area contributed by atoms with E-state index in [1.807, 2.05) is 0 Å². The molecule has 0 atom stereocenters. The number of rotatable bonds is 4. The first-order valence-electron chi connectivity index (χ1n) is 4.91. The molecule has 0 saturated carbocycles. The Labute approximate surface area is 113 Å². The lowest BCUT2D eigenvalue weighted by molar-refractivity contribution is 0.0794. The summed E-state index contributed by atoms with van der Waals surface area (Å²) in [5.74, 6) is -0.945. The van der Waals surface area contributed by atoms with Gasteiger partial charge in [0.05, 0.1) is 15.0 Å². The van der Waals surface area contributed by atoms with Gasteiger partial charge in [-0.25, -0.2) is 4.39 Å². The summed E-state index contributed by atoms with van der Waals surface area (Å²) in [6.07, 6.45) is 0.424. The van der Waals surface area contributed by atoms with Crippen LogP contribution in [0.1, 0.15) is 16.8 Å². The molecule has 0 unspecified atom stereocenters. The largest absolute Gasteiger partial charge is 0.393 e. The third-order valence-electron chi connectivity index (χ3n) is 2.22. The minimum Gasteiger partial charge on any atom is -0.393 e. The topological polar surface area (TPSA) is 46.3 Å². The Morgan fingerprint density at radius 2 is 2.24 bits per heavy atom. The molecule has 0 fully saturated rings. The Hall–Kier alpha value is -1.01. The van der Waals surface area contributed by atoms with Crippen molar-refractivity contribution in [3.63, 3.8) is 0 Å². The van der Waals surface area contributed by atoms with Crippen LogP contribution in [0.15, 0.2) is 22.7 Å². The number of carbonyl (C=O) groups excluding carboxylic acids is 1. The maximum absolute atomic E-state index is 13.7. The van der Waals surface area contributed by atoms with Gasteiger partial charge in [0.25, 0.3) is 5.91 Å². The van der Waals surface area contributed by atoms with E-state index in [0.29, 0.717) is 18.0 Å². The maximum atomic E-state index is 13.7. The average molecular weight is 319 g/mol. The lowest BCUT2D eigenvalue weighted by Gasteiger charge is -2.17. The van der Waals surface area contributed by atoms with E-state index >= 15 is 0 Å². The van der Waals surface area contributed by atoms with Crippen LogP contribution in [-0.2, 0) is 0 Å². The molecule has 1 amide bonds. The molecular formula is C11H12BrFN2OS. The van der Waals surface area contributed by atoms with Gasteiger partial charge in [-0.15, -0.1) is 0 Å². The monoisotopic (exact) mass is 318 g/mol. The molecule has 0 saturated heterocycles. The highest BCUT2D eigenvalue weighted by Crippen LogP contribution is 2.19. The van der Waals surface area contributed by atoms with Gasteiger partial charge in [-0.3, -0.25) is 4.79 Å². The number of benzene rings is 1. The van der Waals surface area contributed by atoms with Crippen LogP contribution in [0.25, 0.3) is 0 Å². The summed E-state index contributed by atoms with van der Waals surface area (Å²) in [6, 6.07) is 4.60. The van der Waals surface area contributed by atoms with Crippen molar-refractivity contribution in [1.29, 1.82) is 0 Å². The van der Waals surface area contributed by atoms with Gasteiger partial charge in [-0.05, 0) is 28.1 Å². The van der Waals surface area contributed by atoms with Crippen molar-refractivity contribution in [3.8, 4) is 0 Å². The summed E-state index contributed by atoms with van der Waals surface area (Å²) in [5, 5.41) is 0. The minimum absolute atomic E-state index is 0.0322. The number of nitrogens with zero attached hydrogens (tertiary/aromatic N) is 1. The second kappa shape index (κ2) is 6.07. The highest BCUT2D eigenvalue weighted by atomic mass is 79.9. The molecule has 0 heterocycles. The fraction of sp³-hybridized carbons (Fsp3) is 0.273. The molecule has 1 rings (SSSR count). The molecule has 6 heteroatoms. The normalized spacial score (nSPS) is 10.1. The standard InChI is InChI=1S/C11H12BrFN2OS/c1-15(6-5-9(14)17)11(16)7-3-2-4-8(12)10(7)13/h2-4H,5-6H2,1H3,(H2,14,17). The summed E-state index contributed by atoms with van der Waals surface area (Å²) < 4.78 is 13.9. The van der Waals surface area contributed by atoms with Crippen LogP contribution in [0.4, 0.5) is 4.39 Å². The lowest BCUT2D eigenvalue weighted by atomic mass is 10.2. The van der Waals surface area contributed by atoms with Crippen molar-refractivity contribution in [2.75, 3.05) is 13.6 Å². The molecule has 0 spiro atoms. The number of hydrogen-bond acceptors (Lipinski definition) is 2. The summed E-state index contributed by atoms with van der Waals surface area (Å²) in [6.45, 7) is 0.375. The Morgan fingerprint density at radius 1 is 1.59 bits per heavy atom. The van der Waals surface area contributed by atoms with Crippen LogP contribution < -0.4 is 5.73 Å². The van der Waals surface area contributed by atoms with Gasteiger partial charge in [0.2, 0.25) is 0 Å². The molecule has 0 aliphatic heterocycles. The SMILES string of the molecule is CN(CCC(N)=S)C(=O)c1cccc(Br)c1F. The van der Waals surface area contributed by atoms with Gasteiger partial charge >= 0.3 is 0 Å². The second-order valence-electron chi connectivity index (χ2n) is 3.54. The van der Waals surface area contributed by atoms with Crippen molar-refractivity contribution in [1.82, 2.24) is 4.90 Å². The summed E-state index contributed by atoms with van der Waals surface area (Å²) in [5.41, 5.74) is 5.38. The molecule has 1 aromatic carbocycles. The summed E-state index contributed by atoms with van der Waals surface area (Å²) in [7, 11) is 1.58. The van der Waals surface area contributed by atoms with E-state index in [0.717, 1.165) is 0 Å². The van der Waals surface area contributed by atoms with Crippen molar-refractivity contribution < 1.29 is 9.18 Å². The number of halogens is 2. The van der Waals surface area contributed by atoms with Crippen LogP contribution in [0, 0.1) is 5.82 Å². The third-order valence-corrected chi connectivity index (χ3v) is 3.04. The van der Waals surface area contributed by atoms with Crippen molar-refractivity contribution in [2.24, 2.45) is 5.73 Å². The Bertz CT molecular complexity index is 453. The van der Waals surface area contributed by atoms with Crippen molar-refractivity contribution in [3.05, 3.63) is 34.1 Å². The van der Waals surface area contributed by atoms with E-state index in [2.05, 4.69) is 15.9 Å². The van der Waals surface area contributed by atoms with Crippen molar-refractivity contribution >= 4 is 39.0 Å². The number of thiocarbonyl (C=S) groups is 1. The molecule has 0 bridgehead atoms. The van der Waals surface area contributed by atoms with Crippen LogP contribution >= 0.6 is 28.1 Å². The Morgan fingerprint density at radius 3 is 2.82 bits per heavy atom. The predicted molar refractivity (Wildman–Crippen MR) is 72.5 cm³/mol. The lowest BCUT2D eigenvalue weighted by Crippen LogP contribution is -2.30. The van der Waals surface area contributed by atoms with Gasteiger partial charge in [-0.2, -0.15) is 0 Å². The first-order valence-corrected chi connectivity index (χ1v) is 6.11. The molecule has 3 nitrogen and oxygen atoms in total. The van der Waals surface area contributed by atoms with Crippen LogP contribution in [-0.4, -0.2) is 29.4 Å². The van der Waals surface area contributed by atoms with Gasteiger partial charge in [0.1, 0.15) is 5.82 Å². The molecule has 1 aromatic rings. The molecule has 92 valence electrons. The highest BCUT2D eigenvalue weighted by molar-refractivity contribution is 9.10. The zero-order valence-electron chi connectivity index (χ0n) is 9.24. The Kier molecular flexibility index (Phi) is 5.02. The van der Waals surface area contributed by atoms with E-state index in [4.69, 9.17) is 18.0 Å². The number of carbonyl (C=O) groups is 1. The number of hydrogen-bond donors (Lipinski definition) is 1. The summed E-state index contributed by atoms with van der Waals surface area (Å²) in [4.78, 5) is 13.6. The first kappa shape index (κ1) is 14.1. The Balaban J connectivity index is 2.82. The van der Waals surface area contributed by atoms with E-state index in [-0.39, 0.29) is 15.9 Å². The smallest absolute Gasteiger partial charge is 0.256 e. The van der Waals surface area contributed by atoms with Gasteiger partial charge < -0.3 is 10.6 Å². The zero-order chi connectivity index (χ0) is 13.0. The van der Waals surface area contributed by atoms with E-state index in [1.54, 1.807) is 19.2 Å². The maximum Gasteiger partial charge on any atom is 0.256 e. The summed E-state index contributed by atoms with van der Waals surface area (Å²) >= 11 is 7.76. The first-order chi connectivity index (χ1) is 7.93. The van der Waals surface area contributed by atoms with Gasteiger partial charge in [-0.1, -0.05) is 18.3 Å². The van der Waals surface area contributed by atoms with E-state index in [1.165, 1.54) is 11.0 Å². The second-order valence-corrected chi connectivity index (χ2v) is 4.92. The quantitative estimate of drug-likeness (QED) is 0.867. The van der Waals surface area contributed by atoms with Gasteiger partial charge in [0.15, 0.2) is 0 Å². The molecule has 0 aromatic heterocycles. The predicted octanol–water partition coefficient (Wildman–Crippen LogP) is 2.34. The molecule has 0 radical (unpaired) electrons. The van der Waals surface area contributed by atoms with Gasteiger partial charge in [0, 0.05) is 20.0 Å². The fourth-order valence-corrected chi connectivity index (χ4v) is 1.71. The molecule has 17 heavy (non-hydrogen) atoms. The molecule has 0 aliphatic rings. The zero-order valence-corrected chi connectivity index (χ0v) is 11.6. The van der Waals surface area contributed by atoms with Crippen molar-refractivity contribution in [2.45, 2.75) is 6.42 Å². The average Bonchev–Trinajstić information content (AvgIpc) is 2.28. The third kappa shape index (κ3) is 3.74. The molecule has 0 aliphatic carbocycles. The molecular weight excluding hydrogens is 307 g/mol. The van der Waals surface area contributed by atoms with Crippen LogP contribution in [0.5, 0.6) is 0 Å². The highest BCUT2D eigenvalue weighted by Gasteiger charge is 2.17. The van der Waals surface area contributed by atoms with E-state index in [9.17, 15) is 9.18 Å². The van der Waals surface area contributed by atoms with Crippen LogP contribution in [0.2, 0.25) is 0 Å². The van der Waals surface area contributed by atoms with E-state index < -0.39 is 5.82 Å². The minimum atomic E-state index is -0.556. The number of nitrogens with two attached hydrogens (primary N) is 1. The number of amides is 1. The van der Waals surface area contributed by atoms with Crippen LogP contribution in [0.3, 0.4) is 0 Å². The fourth-order valence-electron chi connectivity index (χ4n) is 1.25. The molecule has 2 N–H and O–H groups in total.